The number of aromatic nitrogens is 4. The van der Waals surface area contributed by atoms with Gasteiger partial charge in [0.25, 0.3) is 5.95 Å². The van der Waals surface area contributed by atoms with Crippen molar-refractivity contribution >= 4 is 5.95 Å². The molecule has 0 saturated carbocycles. The SMILES string of the molecule is COc1ccc([C@@H]2CCCN2c2nnnn2-c2ccccc2)c(OC)c1. The zero-order chi connectivity index (χ0) is 17.9. The summed E-state index contributed by atoms with van der Waals surface area (Å²) in [5.74, 6) is 2.35. The lowest BCUT2D eigenvalue weighted by molar-refractivity contribution is 0.388. The number of anilines is 1. The largest absolute Gasteiger partial charge is 0.497 e. The molecule has 4 rings (SSSR count). The summed E-state index contributed by atoms with van der Waals surface area (Å²) in [7, 11) is 3.34. The zero-order valence-corrected chi connectivity index (χ0v) is 14.9. The summed E-state index contributed by atoms with van der Waals surface area (Å²) in [5.41, 5.74) is 2.06. The molecule has 3 aromatic rings. The van der Waals surface area contributed by atoms with Crippen LogP contribution >= 0.6 is 0 Å². The van der Waals surface area contributed by atoms with Crippen LogP contribution in [0.15, 0.2) is 48.5 Å². The summed E-state index contributed by atoms with van der Waals surface area (Å²) in [6.07, 6.45) is 2.09. The molecular weight excluding hydrogens is 330 g/mol. The monoisotopic (exact) mass is 351 g/mol. The molecule has 0 aliphatic carbocycles. The zero-order valence-electron chi connectivity index (χ0n) is 14.9. The fourth-order valence-electron chi connectivity index (χ4n) is 3.52. The van der Waals surface area contributed by atoms with Gasteiger partial charge in [0.1, 0.15) is 11.5 Å². The Balaban J connectivity index is 1.72. The van der Waals surface area contributed by atoms with Gasteiger partial charge in [-0.1, -0.05) is 23.3 Å². The maximum absolute atomic E-state index is 5.62. The maximum atomic E-state index is 5.62. The van der Waals surface area contributed by atoms with E-state index in [4.69, 9.17) is 9.47 Å². The van der Waals surface area contributed by atoms with Crippen LogP contribution < -0.4 is 14.4 Å². The second kappa shape index (κ2) is 7.03. The summed E-state index contributed by atoms with van der Waals surface area (Å²) < 4.78 is 12.7. The Kier molecular flexibility index (Phi) is 4.43. The van der Waals surface area contributed by atoms with Gasteiger partial charge < -0.3 is 14.4 Å². The van der Waals surface area contributed by atoms with Gasteiger partial charge >= 0.3 is 0 Å². The minimum absolute atomic E-state index is 0.157. The second-order valence-corrected chi connectivity index (χ2v) is 6.19. The van der Waals surface area contributed by atoms with Crippen molar-refractivity contribution < 1.29 is 9.47 Å². The molecule has 1 saturated heterocycles. The van der Waals surface area contributed by atoms with Gasteiger partial charge in [-0.25, -0.2) is 0 Å². The predicted octanol–water partition coefficient (Wildman–Crippen LogP) is 3.02. The van der Waals surface area contributed by atoms with Crippen molar-refractivity contribution in [2.75, 3.05) is 25.7 Å². The molecule has 0 N–H and O–H groups in total. The van der Waals surface area contributed by atoms with Crippen molar-refractivity contribution in [1.82, 2.24) is 20.2 Å². The summed E-state index contributed by atoms with van der Waals surface area (Å²) in [6, 6.07) is 16.1. The first-order chi connectivity index (χ1) is 12.8. The first kappa shape index (κ1) is 16.4. The van der Waals surface area contributed by atoms with Crippen LogP contribution in [-0.2, 0) is 0 Å². The molecule has 1 aromatic heterocycles. The maximum Gasteiger partial charge on any atom is 0.250 e. The number of hydrogen-bond acceptors (Lipinski definition) is 6. The highest BCUT2D eigenvalue weighted by atomic mass is 16.5. The lowest BCUT2D eigenvalue weighted by Gasteiger charge is -2.26. The quantitative estimate of drug-likeness (QED) is 0.704. The predicted molar refractivity (Wildman–Crippen MR) is 98.0 cm³/mol. The van der Waals surface area contributed by atoms with Gasteiger partial charge in [-0.15, -0.1) is 0 Å². The van der Waals surface area contributed by atoms with E-state index in [2.05, 4.69) is 26.5 Å². The van der Waals surface area contributed by atoms with Crippen LogP contribution in [0.1, 0.15) is 24.4 Å². The van der Waals surface area contributed by atoms with Gasteiger partial charge in [-0.05, 0) is 47.5 Å². The molecule has 0 spiro atoms. The van der Waals surface area contributed by atoms with Gasteiger partial charge in [0, 0.05) is 18.2 Å². The number of tetrazole rings is 1. The topological polar surface area (TPSA) is 65.3 Å². The highest BCUT2D eigenvalue weighted by Gasteiger charge is 2.32. The molecule has 1 fully saturated rings. The molecule has 134 valence electrons. The molecule has 0 amide bonds. The van der Waals surface area contributed by atoms with E-state index in [0.29, 0.717) is 0 Å². The molecule has 0 unspecified atom stereocenters. The van der Waals surface area contributed by atoms with E-state index in [1.54, 1.807) is 18.9 Å². The van der Waals surface area contributed by atoms with E-state index in [-0.39, 0.29) is 6.04 Å². The van der Waals surface area contributed by atoms with Crippen LogP contribution in [0.25, 0.3) is 5.69 Å². The number of para-hydroxylation sites is 1. The molecule has 2 heterocycles. The summed E-state index contributed by atoms with van der Waals surface area (Å²) >= 11 is 0. The number of methoxy groups -OCH3 is 2. The number of rotatable bonds is 5. The molecule has 0 bridgehead atoms. The van der Waals surface area contributed by atoms with Crippen molar-refractivity contribution in [3.63, 3.8) is 0 Å². The van der Waals surface area contributed by atoms with Gasteiger partial charge in [-0.2, -0.15) is 4.68 Å². The number of ether oxygens (including phenoxy) is 2. The Hall–Kier alpha value is -3.09. The molecule has 2 aromatic carbocycles. The molecular formula is C19H21N5O2. The van der Waals surface area contributed by atoms with Crippen LogP contribution in [0, 0.1) is 0 Å². The number of benzene rings is 2. The third-order valence-corrected chi connectivity index (χ3v) is 4.76. The van der Waals surface area contributed by atoms with E-state index >= 15 is 0 Å². The van der Waals surface area contributed by atoms with E-state index in [9.17, 15) is 0 Å². The van der Waals surface area contributed by atoms with Crippen LogP contribution in [-0.4, -0.2) is 41.0 Å². The Bertz CT molecular complexity index is 881. The molecule has 0 radical (unpaired) electrons. The third kappa shape index (κ3) is 2.85. The van der Waals surface area contributed by atoms with Gasteiger partial charge in [0.15, 0.2) is 0 Å². The first-order valence-corrected chi connectivity index (χ1v) is 8.64. The van der Waals surface area contributed by atoms with Gasteiger partial charge in [-0.3, -0.25) is 0 Å². The molecule has 1 aliphatic rings. The van der Waals surface area contributed by atoms with Gasteiger partial charge in [0.2, 0.25) is 0 Å². The first-order valence-electron chi connectivity index (χ1n) is 8.64. The summed E-state index contributed by atoms with van der Waals surface area (Å²) in [4.78, 5) is 2.25. The van der Waals surface area contributed by atoms with Crippen LogP contribution in [0.2, 0.25) is 0 Å². The van der Waals surface area contributed by atoms with E-state index < -0.39 is 0 Å². The normalized spacial score (nSPS) is 16.7. The third-order valence-electron chi connectivity index (χ3n) is 4.76. The standard InChI is InChI=1S/C19H21N5O2/c1-25-15-10-11-16(18(13-15)26-2)17-9-6-12-23(17)19-20-21-22-24(19)14-7-4-3-5-8-14/h3-5,7-8,10-11,13,17H,6,9,12H2,1-2H3/t17-/m0/s1. The second-order valence-electron chi connectivity index (χ2n) is 6.19. The Morgan fingerprint density at radius 2 is 1.88 bits per heavy atom. The number of nitrogens with zero attached hydrogens (tertiary/aromatic N) is 5. The average molecular weight is 351 g/mol. The van der Waals surface area contributed by atoms with Crippen LogP contribution in [0.5, 0.6) is 11.5 Å². The van der Waals surface area contributed by atoms with E-state index in [0.717, 1.165) is 48.1 Å². The van der Waals surface area contributed by atoms with Gasteiger partial charge in [0.05, 0.1) is 25.9 Å². The molecule has 7 nitrogen and oxygen atoms in total. The van der Waals surface area contributed by atoms with Crippen molar-refractivity contribution in [2.24, 2.45) is 0 Å². The Morgan fingerprint density at radius 1 is 1.04 bits per heavy atom. The molecule has 1 atom stereocenters. The molecule has 1 aliphatic heterocycles. The molecule has 26 heavy (non-hydrogen) atoms. The highest BCUT2D eigenvalue weighted by molar-refractivity contribution is 5.49. The average Bonchev–Trinajstić information content (AvgIpc) is 3.37. The highest BCUT2D eigenvalue weighted by Crippen LogP contribution is 2.40. The van der Waals surface area contributed by atoms with Crippen molar-refractivity contribution in [3.8, 4) is 17.2 Å². The molecule has 7 heteroatoms. The lowest BCUT2D eigenvalue weighted by atomic mass is 10.0. The van der Waals surface area contributed by atoms with Crippen LogP contribution in [0.3, 0.4) is 0 Å². The smallest absolute Gasteiger partial charge is 0.250 e. The van der Waals surface area contributed by atoms with Crippen molar-refractivity contribution in [2.45, 2.75) is 18.9 Å². The Morgan fingerprint density at radius 3 is 2.65 bits per heavy atom. The number of hydrogen-bond donors (Lipinski definition) is 0. The fraction of sp³-hybridized carbons (Fsp3) is 0.316. The fourth-order valence-corrected chi connectivity index (χ4v) is 3.52. The minimum atomic E-state index is 0.157. The van der Waals surface area contributed by atoms with Crippen molar-refractivity contribution in [1.29, 1.82) is 0 Å². The van der Waals surface area contributed by atoms with Crippen LogP contribution in [0.4, 0.5) is 5.95 Å². The lowest BCUT2D eigenvalue weighted by Crippen LogP contribution is -2.26. The summed E-state index contributed by atoms with van der Waals surface area (Å²) in [6.45, 7) is 0.896. The summed E-state index contributed by atoms with van der Waals surface area (Å²) in [5, 5.41) is 12.4. The Labute approximate surface area is 152 Å². The minimum Gasteiger partial charge on any atom is -0.497 e. The van der Waals surface area contributed by atoms with E-state index in [1.165, 1.54) is 0 Å². The van der Waals surface area contributed by atoms with Crippen molar-refractivity contribution in [3.05, 3.63) is 54.1 Å². The van der Waals surface area contributed by atoms with E-state index in [1.807, 2.05) is 42.5 Å².